The van der Waals surface area contributed by atoms with Crippen LogP contribution in [0.5, 0.6) is 0 Å². The summed E-state index contributed by atoms with van der Waals surface area (Å²) >= 11 is 0. The van der Waals surface area contributed by atoms with Crippen LogP contribution in [0.4, 0.5) is 10.1 Å². The number of carbonyl (C=O) groups is 1. The Hall–Kier alpha value is -1.58. The van der Waals surface area contributed by atoms with E-state index >= 15 is 0 Å². The summed E-state index contributed by atoms with van der Waals surface area (Å²) in [4.78, 5) is 13.1. The van der Waals surface area contributed by atoms with E-state index in [0.29, 0.717) is 12.1 Å². The molecule has 0 atom stereocenters. The summed E-state index contributed by atoms with van der Waals surface area (Å²) in [6.45, 7) is 2.44. The quantitative estimate of drug-likeness (QED) is 0.728. The highest BCUT2D eigenvalue weighted by atomic mass is 19.1. The van der Waals surface area contributed by atoms with Crippen molar-refractivity contribution in [1.82, 2.24) is 4.90 Å². The highest BCUT2D eigenvalue weighted by Gasteiger charge is 2.11. The Kier molecular flexibility index (Phi) is 3.06. The van der Waals surface area contributed by atoms with Crippen LogP contribution >= 0.6 is 0 Å². The highest BCUT2D eigenvalue weighted by molar-refractivity contribution is 5.94. The zero-order valence-electron chi connectivity index (χ0n) is 8.25. The van der Waals surface area contributed by atoms with Crippen LogP contribution in [0.3, 0.4) is 0 Å². The van der Waals surface area contributed by atoms with Crippen molar-refractivity contribution in [2.45, 2.75) is 6.92 Å². The van der Waals surface area contributed by atoms with Crippen LogP contribution in [0, 0.1) is 5.82 Å². The second-order valence-electron chi connectivity index (χ2n) is 3.06. The van der Waals surface area contributed by atoms with Crippen molar-refractivity contribution >= 4 is 11.6 Å². The molecule has 1 amide bonds. The first-order chi connectivity index (χ1) is 6.56. The Morgan fingerprint density at radius 2 is 2.21 bits per heavy atom. The molecule has 4 heteroatoms. The van der Waals surface area contributed by atoms with Gasteiger partial charge in [0, 0.05) is 19.2 Å². The van der Waals surface area contributed by atoms with Crippen LogP contribution in [-0.2, 0) is 0 Å². The number of hydrogen-bond acceptors (Lipinski definition) is 2. The van der Waals surface area contributed by atoms with Crippen molar-refractivity contribution in [2.75, 3.05) is 19.3 Å². The molecule has 14 heavy (non-hydrogen) atoms. The third kappa shape index (κ3) is 2.02. The Bertz CT molecular complexity index is 352. The molecule has 0 spiro atoms. The van der Waals surface area contributed by atoms with E-state index in [-0.39, 0.29) is 11.6 Å². The Balaban J connectivity index is 2.97. The maximum atomic E-state index is 13.0. The monoisotopic (exact) mass is 196 g/mol. The second kappa shape index (κ2) is 4.09. The van der Waals surface area contributed by atoms with E-state index in [1.807, 2.05) is 6.92 Å². The average Bonchev–Trinajstić information content (AvgIpc) is 2.20. The van der Waals surface area contributed by atoms with Gasteiger partial charge in [-0.15, -0.1) is 0 Å². The van der Waals surface area contributed by atoms with E-state index in [1.54, 1.807) is 7.05 Å². The number of carbonyl (C=O) groups excluding carboxylic acids is 1. The summed E-state index contributed by atoms with van der Waals surface area (Å²) in [6, 6.07) is 4.07. The van der Waals surface area contributed by atoms with E-state index in [1.165, 1.54) is 17.0 Å². The number of benzene rings is 1. The smallest absolute Gasteiger partial charge is 0.253 e. The molecule has 3 nitrogen and oxygen atoms in total. The summed E-state index contributed by atoms with van der Waals surface area (Å²) in [5.41, 5.74) is 5.67. The molecule has 0 radical (unpaired) electrons. The fraction of sp³-hybridized carbons (Fsp3) is 0.300. The van der Waals surface area contributed by atoms with Crippen LogP contribution in [0.1, 0.15) is 17.3 Å². The molecule has 0 fully saturated rings. The van der Waals surface area contributed by atoms with Gasteiger partial charge in [0.25, 0.3) is 5.91 Å². The lowest BCUT2D eigenvalue weighted by molar-refractivity contribution is 0.0802. The minimum atomic E-state index is -0.555. The van der Waals surface area contributed by atoms with E-state index in [0.717, 1.165) is 6.07 Å². The highest BCUT2D eigenvalue weighted by Crippen LogP contribution is 2.13. The van der Waals surface area contributed by atoms with Crippen LogP contribution in [-0.4, -0.2) is 24.4 Å². The Morgan fingerprint density at radius 3 is 2.71 bits per heavy atom. The largest absolute Gasteiger partial charge is 0.396 e. The van der Waals surface area contributed by atoms with Gasteiger partial charge < -0.3 is 10.6 Å². The van der Waals surface area contributed by atoms with Gasteiger partial charge in [0.15, 0.2) is 0 Å². The van der Waals surface area contributed by atoms with Gasteiger partial charge in [0.1, 0.15) is 5.82 Å². The van der Waals surface area contributed by atoms with E-state index in [9.17, 15) is 9.18 Å². The summed E-state index contributed by atoms with van der Waals surface area (Å²) in [7, 11) is 1.66. The van der Waals surface area contributed by atoms with Crippen molar-refractivity contribution in [3.05, 3.63) is 29.6 Å². The van der Waals surface area contributed by atoms with Crippen molar-refractivity contribution < 1.29 is 9.18 Å². The number of nitrogen functional groups attached to an aromatic ring is 1. The predicted molar refractivity (Wildman–Crippen MR) is 53.4 cm³/mol. The van der Waals surface area contributed by atoms with Crippen molar-refractivity contribution in [1.29, 1.82) is 0 Å². The van der Waals surface area contributed by atoms with E-state index < -0.39 is 5.82 Å². The molecule has 0 heterocycles. The zero-order valence-corrected chi connectivity index (χ0v) is 8.25. The van der Waals surface area contributed by atoms with Gasteiger partial charge in [0.2, 0.25) is 0 Å². The van der Waals surface area contributed by atoms with Gasteiger partial charge in [-0.1, -0.05) is 0 Å². The molecule has 0 aliphatic rings. The molecular weight excluding hydrogens is 183 g/mol. The molecule has 1 aromatic rings. The normalized spacial score (nSPS) is 9.93. The number of halogens is 1. The lowest BCUT2D eigenvalue weighted by Gasteiger charge is -2.14. The van der Waals surface area contributed by atoms with E-state index in [4.69, 9.17) is 5.73 Å². The zero-order chi connectivity index (χ0) is 10.7. The van der Waals surface area contributed by atoms with Crippen molar-refractivity contribution in [2.24, 2.45) is 0 Å². The lowest BCUT2D eigenvalue weighted by Crippen LogP contribution is -2.26. The third-order valence-electron chi connectivity index (χ3n) is 2.07. The molecule has 1 rings (SSSR count). The Morgan fingerprint density at radius 1 is 1.57 bits per heavy atom. The fourth-order valence-electron chi connectivity index (χ4n) is 1.02. The standard InChI is InChI=1S/C10H13FN2O/c1-3-13(2)10(14)7-4-5-9(12)8(11)6-7/h4-6H,3,12H2,1-2H3. The number of nitrogens with two attached hydrogens (primary N) is 1. The van der Waals surface area contributed by atoms with Crippen LogP contribution in [0.15, 0.2) is 18.2 Å². The first kappa shape index (κ1) is 10.5. The van der Waals surface area contributed by atoms with Gasteiger partial charge in [-0.05, 0) is 25.1 Å². The second-order valence-corrected chi connectivity index (χ2v) is 3.06. The Labute approximate surface area is 82.3 Å². The van der Waals surface area contributed by atoms with Gasteiger partial charge in [-0.3, -0.25) is 4.79 Å². The molecule has 1 aromatic carbocycles. The fourth-order valence-corrected chi connectivity index (χ4v) is 1.02. The summed E-state index contributed by atoms with van der Waals surface area (Å²) in [5, 5.41) is 0. The van der Waals surface area contributed by atoms with Crippen LogP contribution in [0.25, 0.3) is 0 Å². The van der Waals surface area contributed by atoms with Gasteiger partial charge in [-0.25, -0.2) is 4.39 Å². The van der Waals surface area contributed by atoms with Crippen LogP contribution in [0.2, 0.25) is 0 Å². The number of anilines is 1. The number of hydrogen-bond donors (Lipinski definition) is 1. The summed E-state index contributed by atoms with van der Waals surface area (Å²) in [5.74, 6) is -0.758. The van der Waals surface area contributed by atoms with Gasteiger partial charge in [-0.2, -0.15) is 0 Å². The molecule has 0 aromatic heterocycles. The third-order valence-corrected chi connectivity index (χ3v) is 2.07. The molecule has 0 aliphatic carbocycles. The topological polar surface area (TPSA) is 46.3 Å². The molecule has 0 saturated heterocycles. The minimum absolute atomic E-state index is 0.0562. The molecule has 2 N–H and O–H groups in total. The van der Waals surface area contributed by atoms with Gasteiger partial charge >= 0.3 is 0 Å². The number of nitrogens with zero attached hydrogens (tertiary/aromatic N) is 1. The summed E-state index contributed by atoms with van der Waals surface area (Å²) < 4.78 is 13.0. The van der Waals surface area contributed by atoms with Gasteiger partial charge in [0.05, 0.1) is 5.69 Å². The van der Waals surface area contributed by atoms with Crippen molar-refractivity contribution in [3.63, 3.8) is 0 Å². The molecular formula is C10H13FN2O. The average molecular weight is 196 g/mol. The molecule has 76 valence electrons. The van der Waals surface area contributed by atoms with Crippen LogP contribution < -0.4 is 5.73 Å². The van der Waals surface area contributed by atoms with Crippen molar-refractivity contribution in [3.8, 4) is 0 Å². The SMILES string of the molecule is CCN(C)C(=O)c1ccc(N)c(F)c1. The lowest BCUT2D eigenvalue weighted by atomic mass is 10.2. The first-order valence-electron chi connectivity index (χ1n) is 4.36. The maximum absolute atomic E-state index is 13.0. The first-order valence-corrected chi connectivity index (χ1v) is 4.36. The molecule has 0 bridgehead atoms. The van der Waals surface area contributed by atoms with E-state index in [2.05, 4.69) is 0 Å². The number of rotatable bonds is 2. The summed E-state index contributed by atoms with van der Waals surface area (Å²) in [6.07, 6.45) is 0. The number of amides is 1. The molecule has 0 unspecified atom stereocenters. The predicted octanol–water partition coefficient (Wildman–Crippen LogP) is 1.50. The molecule has 0 saturated carbocycles. The maximum Gasteiger partial charge on any atom is 0.253 e. The molecule has 0 aliphatic heterocycles. The minimum Gasteiger partial charge on any atom is -0.396 e.